The Kier molecular flexibility index (Phi) is 6.57. The van der Waals surface area contributed by atoms with Crippen molar-refractivity contribution in [2.45, 2.75) is 13.5 Å². The van der Waals surface area contributed by atoms with Crippen LogP contribution in [0.2, 0.25) is 0 Å². The van der Waals surface area contributed by atoms with E-state index >= 15 is 0 Å². The number of esters is 2. The molecule has 9 nitrogen and oxygen atoms in total. The fourth-order valence-corrected chi connectivity index (χ4v) is 5.50. The van der Waals surface area contributed by atoms with Crippen molar-refractivity contribution >= 4 is 55.7 Å². The van der Waals surface area contributed by atoms with Crippen molar-refractivity contribution in [3.63, 3.8) is 0 Å². The number of nitrogens with zero attached hydrogens (tertiary/aromatic N) is 2. The molecule has 4 rings (SSSR count). The van der Waals surface area contributed by atoms with E-state index in [2.05, 4.69) is 10.3 Å². The first-order chi connectivity index (χ1) is 16.3. The van der Waals surface area contributed by atoms with E-state index in [1.54, 1.807) is 6.92 Å². The van der Waals surface area contributed by atoms with Crippen molar-refractivity contribution in [2.24, 2.45) is 0 Å². The van der Waals surface area contributed by atoms with E-state index in [4.69, 9.17) is 9.47 Å². The third-order valence-corrected chi connectivity index (χ3v) is 7.19. The van der Waals surface area contributed by atoms with Crippen LogP contribution in [0, 0.1) is 6.92 Å². The number of benzene rings is 1. The molecular formula is C23H19N3O6S2. The SMILES string of the molecule is COC(=O)c1sc(NC(=O)Cn2cnc3scc(-c4ccccc4)c3c2=O)c(C(=O)OC)c1C. The summed E-state index contributed by atoms with van der Waals surface area (Å²) in [4.78, 5) is 55.4. The van der Waals surface area contributed by atoms with Crippen LogP contribution < -0.4 is 10.9 Å². The fourth-order valence-electron chi connectivity index (χ4n) is 3.47. The average Bonchev–Trinajstić information content (AvgIpc) is 3.42. The smallest absolute Gasteiger partial charge is 0.348 e. The lowest BCUT2D eigenvalue weighted by atomic mass is 10.1. The second-order valence-corrected chi connectivity index (χ2v) is 9.04. The summed E-state index contributed by atoms with van der Waals surface area (Å²) >= 11 is 2.25. The first-order valence-electron chi connectivity index (χ1n) is 9.97. The zero-order chi connectivity index (χ0) is 24.4. The van der Waals surface area contributed by atoms with Gasteiger partial charge in [-0.1, -0.05) is 30.3 Å². The predicted octanol–water partition coefficient (Wildman–Crippen LogP) is 3.71. The number of rotatable bonds is 6. The summed E-state index contributed by atoms with van der Waals surface area (Å²) in [6.45, 7) is 1.23. The quantitative estimate of drug-likeness (QED) is 0.404. The summed E-state index contributed by atoms with van der Waals surface area (Å²) in [5.74, 6) is -1.90. The highest BCUT2D eigenvalue weighted by Gasteiger charge is 2.27. The molecule has 0 saturated carbocycles. The molecule has 34 heavy (non-hydrogen) atoms. The minimum Gasteiger partial charge on any atom is -0.465 e. The third-order valence-electron chi connectivity index (χ3n) is 5.12. The van der Waals surface area contributed by atoms with Crippen LogP contribution in [0.5, 0.6) is 0 Å². The Balaban J connectivity index is 1.66. The fraction of sp³-hybridized carbons (Fsp3) is 0.174. The summed E-state index contributed by atoms with van der Waals surface area (Å²) in [5.41, 5.74) is 1.67. The van der Waals surface area contributed by atoms with Gasteiger partial charge in [-0.05, 0) is 18.1 Å². The number of hydrogen-bond acceptors (Lipinski definition) is 9. The largest absolute Gasteiger partial charge is 0.465 e. The van der Waals surface area contributed by atoms with Crippen LogP contribution >= 0.6 is 22.7 Å². The lowest BCUT2D eigenvalue weighted by Gasteiger charge is -2.08. The van der Waals surface area contributed by atoms with E-state index in [1.807, 2.05) is 35.7 Å². The number of hydrogen-bond donors (Lipinski definition) is 1. The highest BCUT2D eigenvalue weighted by Crippen LogP contribution is 2.34. The molecule has 3 heterocycles. The number of carbonyl (C=O) groups excluding carboxylic acids is 3. The molecule has 0 aliphatic rings. The highest BCUT2D eigenvalue weighted by atomic mass is 32.1. The zero-order valence-corrected chi connectivity index (χ0v) is 20.0. The predicted molar refractivity (Wildman–Crippen MR) is 130 cm³/mol. The van der Waals surface area contributed by atoms with Gasteiger partial charge in [0.1, 0.15) is 21.3 Å². The number of ether oxygens (including phenoxy) is 2. The minimum absolute atomic E-state index is 0.0615. The first-order valence-corrected chi connectivity index (χ1v) is 11.7. The maximum absolute atomic E-state index is 13.2. The first kappa shape index (κ1) is 23.3. The number of methoxy groups -OCH3 is 2. The molecule has 174 valence electrons. The molecule has 4 aromatic rings. The topological polar surface area (TPSA) is 117 Å². The van der Waals surface area contributed by atoms with Crippen molar-refractivity contribution in [1.82, 2.24) is 9.55 Å². The van der Waals surface area contributed by atoms with Gasteiger partial charge in [-0.25, -0.2) is 14.6 Å². The molecule has 1 aromatic carbocycles. The molecule has 0 radical (unpaired) electrons. The number of fused-ring (bicyclic) bond motifs is 1. The molecule has 1 amide bonds. The molecule has 0 fully saturated rings. The third kappa shape index (κ3) is 4.22. The number of anilines is 1. The summed E-state index contributed by atoms with van der Waals surface area (Å²) in [5, 5.41) is 5.05. The number of carbonyl (C=O) groups is 3. The van der Waals surface area contributed by atoms with E-state index in [0.717, 1.165) is 22.5 Å². The van der Waals surface area contributed by atoms with Gasteiger partial charge >= 0.3 is 11.9 Å². The van der Waals surface area contributed by atoms with Crippen molar-refractivity contribution in [3.05, 3.63) is 68.4 Å². The number of amides is 1. The van der Waals surface area contributed by atoms with E-state index in [1.165, 1.54) is 36.5 Å². The van der Waals surface area contributed by atoms with Crippen LogP contribution in [0.3, 0.4) is 0 Å². The zero-order valence-electron chi connectivity index (χ0n) is 18.4. The van der Waals surface area contributed by atoms with Gasteiger partial charge in [0, 0.05) is 10.9 Å². The van der Waals surface area contributed by atoms with E-state index in [-0.39, 0.29) is 27.5 Å². The monoisotopic (exact) mass is 497 g/mol. The molecule has 1 N–H and O–H groups in total. The number of aromatic nitrogens is 2. The van der Waals surface area contributed by atoms with Crippen molar-refractivity contribution in [1.29, 1.82) is 0 Å². The van der Waals surface area contributed by atoms with Crippen molar-refractivity contribution < 1.29 is 23.9 Å². The second kappa shape index (κ2) is 9.57. The molecule has 0 spiro atoms. The molecule has 0 unspecified atom stereocenters. The van der Waals surface area contributed by atoms with Crippen LogP contribution in [0.4, 0.5) is 5.00 Å². The maximum Gasteiger partial charge on any atom is 0.348 e. The minimum atomic E-state index is -0.703. The lowest BCUT2D eigenvalue weighted by Crippen LogP contribution is -2.28. The standard InChI is InChI=1S/C23H19N3O6S2/c1-12-16(22(29)31-2)20(34-18(12)23(30)32-3)25-15(27)9-26-11-24-19-17(21(26)28)14(10-33-19)13-7-5-4-6-8-13/h4-8,10-11H,9H2,1-3H3,(H,25,27). The van der Waals surface area contributed by atoms with E-state index in [9.17, 15) is 19.2 Å². The molecule has 3 aromatic heterocycles. The highest BCUT2D eigenvalue weighted by molar-refractivity contribution is 7.18. The van der Waals surface area contributed by atoms with Gasteiger partial charge < -0.3 is 14.8 Å². The molecule has 0 aliphatic carbocycles. The van der Waals surface area contributed by atoms with E-state index in [0.29, 0.717) is 15.8 Å². The molecular weight excluding hydrogens is 478 g/mol. The van der Waals surface area contributed by atoms with Gasteiger partial charge in [-0.3, -0.25) is 14.2 Å². The van der Waals surface area contributed by atoms with Gasteiger partial charge in [0.15, 0.2) is 0 Å². The summed E-state index contributed by atoms with van der Waals surface area (Å²) in [6, 6.07) is 9.45. The van der Waals surface area contributed by atoms with Crippen molar-refractivity contribution in [2.75, 3.05) is 19.5 Å². The average molecular weight is 498 g/mol. The van der Waals surface area contributed by atoms with Crippen LogP contribution in [-0.4, -0.2) is 41.6 Å². The molecule has 0 aliphatic heterocycles. The van der Waals surface area contributed by atoms with Crippen LogP contribution in [0.25, 0.3) is 21.3 Å². The van der Waals surface area contributed by atoms with E-state index < -0.39 is 17.8 Å². The van der Waals surface area contributed by atoms with Gasteiger partial charge in [0.05, 0.1) is 31.5 Å². The number of nitrogens with one attached hydrogen (secondary N) is 1. The Labute approximate surface area is 201 Å². The van der Waals surface area contributed by atoms with Crippen LogP contribution in [0.1, 0.15) is 25.6 Å². The Morgan fingerprint density at radius 2 is 1.79 bits per heavy atom. The van der Waals surface area contributed by atoms with Crippen LogP contribution in [0.15, 0.2) is 46.8 Å². The molecule has 0 atom stereocenters. The van der Waals surface area contributed by atoms with Gasteiger partial charge in [0.2, 0.25) is 5.91 Å². The summed E-state index contributed by atoms with van der Waals surface area (Å²) in [6.07, 6.45) is 1.32. The van der Waals surface area contributed by atoms with Gasteiger partial charge in [-0.2, -0.15) is 0 Å². The second-order valence-electron chi connectivity index (χ2n) is 7.16. The number of thiophene rings is 2. The summed E-state index contributed by atoms with van der Waals surface area (Å²) < 4.78 is 10.8. The van der Waals surface area contributed by atoms with Gasteiger partial charge in [-0.15, -0.1) is 22.7 Å². The van der Waals surface area contributed by atoms with Gasteiger partial charge in [0.25, 0.3) is 5.56 Å². The Morgan fingerprint density at radius 3 is 2.47 bits per heavy atom. The van der Waals surface area contributed by atoms with Crippen molar-refractivity contribution in [3.8, 4) is 11.1 Å². The Morgan fingerprint density at radius 1 is 1.09 bits per heavy atom. The molecule has 0 bridgehead atoms. The maximum atomic E-state index is 13.2. The molecule has 0 saturated heterocycles. The Hall–Kier alpha value is -3.83. The Bertz CT molecular complexity index is 1470. The molecule has 11 heteroatoms. The lowest BCUT2D eigenvalue weighted by molar-refractivity contribution is -0.116. The van der Waals surface area contributed by atoms with Crippen LogP contribution in [-0.2, 0) is 20.8 Å². The summed E-state index contributed by atoms with van der Waals surface area (Å²) in [7, 11) is 2.43. The normalized spacial score (nSPS) is 10.8.